The summed E-state index contributed by atoms with van der Waals surface area (Å²) in [7, 11) is 3.53. The van der Waals surface area contributed by atoms with Crippen molar-refractivity contribution < 1.29 is 9.53 Å². The lowest BCUT2D eigenvalue weighted by Gasteiger charge is -2.26. The maximum absolute atomic E-state index is 11.3. The van der Waals surface area contributed by atoms with Gasteiger partial charge in [-0.25, -0.2) is 14.8 Å². The Morgan fingerprint density at radius 3 is 2.38 bits per heavy atom. The highest BCUT2D eigenvalue weighted by atomic mass is 16.6. The van der Waals surface area contributed by atoms with Crippen LogP contribution in [-0.4, -0.2) is 43.4 Å². The summed E-state index contributed by atoms with van der Waals surface area (Å²) in [6, 6.07) is 0. The Morgan fingerprint density at radius 2 is 2.00 bits per heavy atom. The van der Waals surface area contributed by atoms with Crippen LogP contribution in [0.5, 0.6) is 0 Å². The Bertz CT molecular complexity index is 190. The third-order valence-electron chi connectivity index (χ3n) is 1.32. The fourth-order valence-corrected chi connectivity index (χ4v) is 0.728. The third-order valence-corrected chi connectivity index (χ3v) is 1.32. The average Bonchev–Trinajstić information content (AvgIpc) is 2.09. The molecule has 0 atom stereocenters. The van der Waals surface area contributed by atoms with Crippen molar-refractivity contribution in [1.82, 2.24) is 10.0 Å². The van der Waals surface area contributed by atoms with Gasteiger partial charge >= 0.3 is 6.09 Å². The van der Waals surface area contributed by atoms with Gasteiger partial charge in [0.1, 0.15) is 6.61 Å². The molecule has 0 rings (SSSR count). The SMILES string of the molecule is C=CCOC(=O)N(CC=C)N(C)C. The topological polar surface area (TPSA) is 32.8 Å². The molecular weight excluding hydrogens is 168 g/mol. The number of carbonyl (C=O) groups excluding carboxylic acids is 1. The van der Waals surface area contributed by atoms with E-state index in [2.05, 4.69) is 13.2 Å². The molecule has 0 heterocycles. The van der Waals surface area contributed by atoms with Gasteiger partial charge in [0.25, 0.3) is 0 Å². The van der Waals surface area contributed by atoms with E-state index in [1.165, 1.54) is 11.1 Å². The molecule has 13 heavy (non-hydrogen) atoms. The van der Waals surface area contributed by atoms with E-state index >= 15 is 0 Å². The van der Waals surface area contributed by atoms with Crippen LogP contribution in [0.2, 0.25) is 0 Å². The zero-order valence-electron chi connectivity index (χ0n) is 8.19. The summed E-state index contributed by atoms with van der Waals surface area (Å²) in [6.45, 7) is 7.66. The minimum atomic E-state index is -0.398. The van der Waals surface area contributed by atoms with E-state index < -0.39 is 6.09 Å². The molecule has 0 aromatic heterocycles. The first-order valence-electron chi connectivity index (χ1n) is 3.96. The number of carbonyl (C=O) groups is 1. The Morgan fingerprint density at radius 1 is 1.38 bits per heavy atom. The van der Waals surface area contributed by atoms with Crippen LogP contribution >= 0.6 is 0 Å². The molecule has 0 aliphatic heterocycles. The molecule has 4 nitrogen and oxygen atoms in total. The molecule has 74 valence electrons. The molecule has 1 amide bonds. The van der Waals surface area contributed by atoms with E-state index in [1.807, 2.05) is 0 Å². The van der Waals surface area contributed by atoms with Crippen LogP contribution in [0.15, 0.2) is 25.3 Å². The Hall–Kier alpha value is -1.29. The second-order valence-corrected chi connectivity index (χ2v) is 2.58. The van der Waals surface area contributed by atoms with Crippen LogP contribution < -0.4 is 0 Å². The lowest BCUT2D eigenvalue weighted by Crippen LogP contribution is -2.42. The highest BCUT2D eigenvalue weighted by molar-refractivity contribution is 5.67. The third kappa shape index (κ3) is 4.32. The van der Waals surface area contributed by atoms with Crippen molar-refractivity contribution in [1.29, 1.82) is 0 Å². The van der Waals surface area contributed by atoms with E-state index in [1.54, 1.807) is 25.2 Å². The van der Waals surface area contributed by atoms with E-state index in [-0.39, 0.29) is 6.61 Å². The molecule has 0 saturated heterocycles. The molecule has 0 unspecified atom stereocenters. The first kappa shape index (κ1) is 11.7. The van der Waals surface area contributed by atoms with Gasteiger partial charge in [0.15, 0.2) is 0 Å². The van der Waals surface area contributed by atoms with Crippen molar-refractivity contribution >= 4 is 6.09 Å². The van der Waals surface area contributed by atoms with Crippen molar-refractivity contribution in [3.8, 4) is 0 Å². The molecule has 0 aliphatic rings. The van der Waals surface area contributed by atoms with Gasteiger partial charge in [-0.2, -0.15) is 0 Å². The molecule has 0 bridgehead atoms. The second kappa shape index (κ2) is 6.25. The van der Waals surface area contributed by atoms with Crippen molar-refractivity contribution in [3.05, 3.63) is 25.3 Å². The van der Waals surface area contributed by atoms with Crippen molar-refractivity contribution in [2.75, 3.05) is 27.2 Å². The van der Waals surface area contributed by atoms with E-state index in [9.17, 15) is 4.79 Å². The minimum Gasteiger partial charge on any atom is -0.444 e. The lowest BCUT2D eigenvalue weighted by molar-refractivity contribution is 0.0245. The molecule has 0 saturated carbocycles. The van der Waals surface area contributed by atoms with Crippen molar-refractivity contribution in [3.63, 3.8) is 0 Å². The first-order chi connectivity index (χ1) is 6.13. The summed E-state index contributed by atoms with van der Waals surface area (Å²) in [5.41, 5.74) is 0. The molecular formula is C9H16N2O2. The maximum atomic E-state index is 11.3. The molecule has 0 fully saturated rings. The molecule has 0 aromatic rings. The summed E-state index contributed by atoms with van der Waals surface area (Å²) in [4.78, 5) is 11.3. The van der Waals surface area contributed by atoms with E-state index in [4.69, 9.17) is 4.74 Å². The van der Waals surface area contributed by atoms with E-state index in [0.717, 1.165) is 0 Å². The lowest BCUT2D eigenvalue weighted by atomic mass is 10.6. The van der Waals surface area contributed by atoms with Gasteiger partial charge in [-0.1, -0.05) is 18.7 Å². The number of ether oxygens (including phenoxy) is 1. The van der Waals surface area contributed by atoms with Crippen LogP contribution in [0, 0.1) is 0 Å². The number of rotatable bonds is 5. The highest BCUT2D eigenvalue weighted by Crippen LogP contribution is 1.96. The van der Waals surface area contributed by atoms with Gasteiger partial charge in [-0.15, -0.1) is 6.58 Å². The van der Waals surface area contributed by atoms with Crippen LogP contribution in [0.4, 0.5) is 4.79 Å². The summed E-state index contributed by atoms with van der Waals surface area (Å²) in [5, 5.41) is 3.07. The molecule has 0 aromatic carbocycles. The average molecular weight is 184 g/mol. The summed E-state index contributed by atoms with van der Waals surface area (Å²) < 4.78 is 4.85. The zero-order chi connectivity index (χ0) is 10.3. The molecule has 0 spiro atoms. The smallest absolute Gasteiger partial charge is 0.425 e. The second-order valence-electron chi connectivity index (χ2n) is 2.58. The van der Waals surface area contributed by atoms with Gasteiger partial charge in [0.05, 0.1) is 6.54 Å². The molecule has 0 aliphatic carbocycles. The van der Waals surface area contributed by atoms with Crippen LogP contribution in [0.25, 0.3) is 0 Å². The number of hydrazine groups is 1. The zero-order valence-corrected chi connectivity index (χ0v) is 8.19. The predicted molar refractivity (Wildman–Crippen MR) is 52.1 cm³/mol. The quantitative estimate of drug-likeness (QED) is 0.476. The molecule has 4 heteroatoms. The number of hydrogen-bond acceptors (Lipinski definition) is 3. The number of hydrogen-bond donors (Lipinski definition) is 0. The number of nitrogens with zero attached hydrogens (tertiary/aromatic N) is 2. The van der Waals surface area contributed by atoms with Gasteiger partial charge < -0.3 is 4.74 Å². The van der Waals surface area contributed by atoms with Gasteiger partial charge in [0, 0.05) is 14.1 Å². The highest BCUT2D eigenvalue weighted by Gasteiger charge is 2.14. The largest absolute Gasteiger partial charge is 0.444 e. The monoisotopic (exact) mass is 184 g/mol. The van der Waals surface area contributed by atoms with Crippen LogP contribution in [-0.2, 0) is 4.74 Å². The van der Waals surface area contributed by atoms with Gasteiger partial charge in [-0.05, 0) is 0 Å². The Balaban J connectivity index is 4.10. The van der Waals surface area contributed by atoms with Crippen LogP contribution in [0.1, 0.15) is 0 Å². The summed E-state index contributed by atoms with van der Waals surface area (Å²) >= 11 is 0. The fraction of sp³-hybridized carbons (Fsp3) is 0.444. The maximum Gasteiger partial charge on any atom is 0.425 e. The van der Waals surface area contributed by atoms with Crippen molar-refractivity contribution in [2.24, 2.45) is 0 Å². The van der Waals surface area contributed by atoms with Crippen molar-refractivity contribution in [2.45, 2.75) is 0 Å². The fourth-order valence-electron chi connectivity index (χ4n) is 0.728. The van der Waals surface area contributed by atoms with Gasteiger partial charge in [0.2, 0.25) is 0 Å². The minimum absolute atomic E-state index is 0.223. The summed E-state index contributed by atoms with van der Waals surface area (Å²) in [5.74, 6) is 0. The Kier molecular flexibility index (Phi) is 5.63. The normalized spacial score (nSPS) is 9.46. The van der Waals surface area contributed by atoms with E-state index in [0.29, 0.717) is 6.54 Å². The Labute approximate surface area is 79.0 Å². The predicted octanol–water partition coefficient (Wildman–Crippen LogP) is 1.27. The number of amides is 1. The molecule has 0 N–H and O–H groups in total. The molecule has 0 radical (unpaired) electrons. The standard InChI is InChI=1S/C9H16N2O2/c1-5-7-11(10(3)4)9(12)13-8-6-2/h5-6H,1-2,7-8H2,3-4H3. The first-order valence-corrected chi connectivity index (χ1v) is 3.96. The summed E-state index contributed by atoms with van der Waals surface area (Å²) in [6.07, 6.45) is 2.76. The van der Waals surface area contributed by atoms with Crippen LogP contribution in [0.3, 0.4) is 0 Å². The van der Waals surface area contributed by atoms with Gasteiger partial charge in [-0.3, -0.25) is 0 Å².